The lowest BCUT2D eigenvalue weighted by Crippen LogP contribution is -2.31. The van der Waals surface area contributed by atoms with Gasteiger partial charge in [-0.05, 0) is 49.1 Å². The number of anilines is 1. The van der Waals surface area contributed by atoms with E-state index in [4.69, 9.17) is 0 Å². The molecule has 0 spiro atoms. The Hall–Kier alpha value is -2.17. The van der Waals surface area contributed by atoms with Crippen molar-refractivity contribution in [2.75, 3.05) is 5.32 Å². The molecule has 1 saturated carbocycles. The molecular formula is C19H26N4O. The second-order valence-corrected chi connectivity index (χ2v) is 7.81. The first-order valence-corrected chi connectivity index (χ1v) is 8.70. The van der Waals surface area contributed by atoms with Crippen LogP contribution in [-0.2, 0) is 4.79 Å². The third-order valence-corrected chi connectivity index (χ3v) is 5.14. The molecule has 2 heterocycles. The van der Waals surface area contributed by atoms with Gasteiger partial charge in [0, 0.05) is 29.9 Å². The highest BCUT2D eigenvalue weighted by Crippen LogP contribution is 2.40. The van der Waals surface area contributed by atoms with E-state index in [1.165, 1.54) is 0 Å². The van der Waals surface area contributed by atoms with E-state index in [2.05, 4.69) is 41.3 Å². The smallest absolute Gasteiger partial charge is 0.228 e. The van der Waals surface area contributed by atoms with Gasteiger partial charge in [0.15, 0.2) is 5.82 Å². The Morgan fingerprint density at radius 1 is 1.17 bits per heavy atom. The second kappa shape index (κ2) is 6.75. The summed E-state index contributed by atoms with van der Waals surface area (Å²) in [6, 6.07) is 5.69. The number of hydrogen-bond donors (Lipinski definition) is 2. The highest BCUT2D eigenvalue weighted by Gasteiger charge is 2.32. The molecular weight excluding hydrogens is 300 g/mol. The Morgan fingerprint density at radius 3 is 2.46 bits per heavy atom. The van der Waals surface area contributed by atoms with Crippen molar-refractivity contribution in [2.24, 2.45) is 17.3 Å². The van der Waals surface area contributed by atoms with Gasteiger partial charge in [0.2, 0.25) is 5.91 Å². The Kier molecular flexibility index (Phi) is 4.69. The van der Waals surface area contributed by atoms with E-state index in [-0.39, 0.29) is 11.8 Å². The van der Waals surface area contributed by atoms with E-state index in [1.54, 1.807) is 12.4 Å². The highest BCUT2D eigenvalue weighted by molar-refractivity contribution is 5.92. The van der Waals surface area contributed by atoms with Gasteiger partial charge in [0.25, 0.3) is 0 Å². The molecule has 0 aromatic carbocycles. The van der Waals surface area contributed by atoms with Gasteiger partial charge in [-0.2, -0.15) is 5.10 Å². The van der Waals surface area contributed by atoms with Gasteiger partial charge < -0.3 is 5.32 Å². The van der Waals surface area contributed by atoms with Crippen molar-refractivity contribution in [2.45, 2.75) is 46.5 Å². The molecule has 1 fully saturated rings. The molecule has 3 rings (SSSR count). The number of carbonyl (C=O) groups excluding carboxylic acids is 1. The van der Waals surface area contributed by atoms with E-state index < -0.39 is 0 Å². The van der Waals surface area contributed by atoms with Crippen molar-refractivity contribution in [3.05, 3.63) is 30.6 Å². The Bertz CT molecular complexity index is 679. The molecule has 24 heavy (non-hydrogen) atoms. The predicted molar refractivity (Wildman–Crippen MR) is 95.4 cm³/mol. The van der Waals surface area contributed by atoms with Gasteiger partial charge in [-0.3, -0.25) is 14.9 Å². The Morgan fingerprint density at radius 2 is 1.83 bits per heavy atom. The summed E-state index contributed by atoms with van der Waals surface area (Å²) in [5.41, 5.74) is 2.22. The molecule has 0 saturated heterocycles. The van der Waals surface area contributed by atoms with E-state index in [1.807, 2.05) is 18.2 Å². The van der Waals surface area contributed by atoms with Crippen LogP contribution in [0.5, 0.6) is 0 Å². The fraction of sp³-hybridized carbons (Fsp3) is 0.526. The quantitative estimate of drug-likeness (QED) is 0.885. The second-order valence-electron chi connectivity index (χ2n) is 7.81. The number of aromatic amines is 1. The van der Waals surface area contributed by atoms with Gasteiger partial charge >= 0.3 is 0 Å². The minimum atomic E-state index is 0.0927. The molecule has 2 aromatic heterocycles. The minimum Gasteiger partial charge on any atom is -0.309 e. The van der Waals surface area contributed by atoms with Crippen LogP contribution < -0.4 is 5.32 Å². The Balaban J connectivity index is 1.57. The van der Waals surface area contributed by atoms with Crippen LogP contribution in [0.3, 0.4) is 0 Å². The van der Waals surface area contributed by atoms with E-state index in [0.717, 1.165) is 36.9 Å². The number of hydrogen-bond acceptors (Lipinski definition) is 3. The molecule has 5 heteroatoms. The van der Waals surface area contributed by atoms with Gasteiger partial charge in [-0.15, -0.1) is 0 Å². The van der Waals surface area contributed by atoms with Crippen LogP contribution >= 0.6 is 0 Å². The number of H-pyrrole nitrogens is 1. The van der Waals surface area contributed by atoms with Gasteiger partial charge in [-0.1, -0.05) is 20.8 Å². The summed E-state index contributed by atoms with van der Waals surface area (Å²) in [6.07, 6.45) is 7.67. The predicted octanol–water partition coefficient (Wildman–Crippen LogP) is 4.26. The minimum absolute atomic E-state index is 0.0927. The molecule has 1 amide bonds. The summed E-state index contributed by atoms with van der Waals surface area (Å²) in [7, 11) is 0. The Labute approximate surface area is 143 Å². The van der Waals surface area contributed by atoms with Crippen LogP contribution in [0, 0.1) is 17.3 Å². The van der Waals surface area contributed by atoms with Crippen molar-refractivity contribution < 1.29 is 4.79 Å². The third-order valence-electron chi connectivity index (χ3n) is 5.14. The zero-order chi connectivity index (χ0) is 17.2. The topological polar surface area (TPSA) is 70.7 Å². The molecule has 5 nitrogen and oxygen atoms in total. The molecule has 128 valence electrons. The molecule has 1 aliphatic carbocycles. The number of pyridine rings is 1. The standard InChI is InChI=1S/C19H26N4O/c1-19(2,3)15-6-4-14(5-7-15)18(24)21-17-12-16(22-23-17)13-8-10-20-11-9-13/h8-12,14-15H,4-7H2,1-3H3,(H2,21,22,23,24). The largest absolute Gasteiger partial charge is 0.309 e. The normalized spacial score (nSPS) is 21.5. The van der Waals surface area contributed by atoms with Crippen molar-refractivity contribution in [3.8, 4) is 11.3 Å². The lowest BCUT2D eigenvalue weighted by atomic mass is 9.70. The lowest BCUT2D eigenvalue weighted by molar-refractivity contribution is -0.121. The zero-order valence-corrected chi connectivity index (χ0v) is 14.7. The van der Waals surface area contributed by atoms with Crippen LogP contribution in [-0.4, -0.2) is 21.1 Å². The van der Waals surface area contributed by atoms with Crippen LogP contribution in [0.2, 0.25) is 0 Å². The van der Waals surface area contributed by atoms with E-state index in [9.17, 15) is 4.79 Å². The molecule has 1 aliphatic rings. The van der Waals surface area contributed by atoms with Gasteiger partial charge in [0.1, 0.15) is 0 Å². The highest BCUT2D eigenvalue weighted by atomic mass is 16.1. The molecule has 0 atom stereocenters. The summed E-state index contributed by atoms with van der Waals surface area (Å²) >= 11 is 0. The summed E-state index contributed by atoms with van der Waals surface area (Å²) in [5.74, 6) is 1.50. The summed E-state index contributed by atoms with van der Waals surface area (Å²) in [5, 5.41) is 10.1. The van der Waals surface area contributed by atoms with Crippen molar-refractivity contribution >= 4 is 11.7 Å². The van der Waals surface area contributed by atoms with Crippen LogP contribution in [0.1, 0.15) is 46.5 Å². The average Bonchev–Trinajstić information content (AvgIpc) is 3.03. The molecule has 0 unspecified atom stereocenters. The fourth-order valence-electron chi connectivity index (χ4n) is 3.52. The van der Waals surface area contributed by atoms with Crippen molar-refractivity contribution in [1.29, 1.82) is 0 Å². The van der Waals surface area contributed by atoms with Crippen LogP contribution in [0.15, 0.2) is 30.6 Å². The number of nitrogens with one attached hydrogen (secondary N) is 2. The maximum atomic E-state index is 12.5. The first kappa shape index (κ1) is 16.7. The van der Waals surface area contributed by atoms with Crippen molar-refractivity contribution in [3.63, 3.8) is 0 Å². The summed E-state index contributed by atoms with van der Waals surface area (Å²) < 4.78 is 0. The van der Waals surface area contributed by atoms with Crippen LogP contribution in [0.25, 0.3) is 11.3 Å². The number of amides is 1. The first-order valence-electron chi connectivity index (χ1n) is 8.70. The van der Waals surface area contributed by atoms with E-state index >= 15 is 0 Å². The molecule has 0 bridgehead atoms. The van der Waals surface area contributed by atoms with Gasteiger partial charge in [0.05, 0.1) is 5.69 Å². The number of carbonyl (C=O) groups is 1. The molecule has 0 radical (unpaired) electrons. The monoisotopic (exact) mass is 326 g/mol. The maximum Gasteiger partial charge on any atom is 0.228 e. The first-order chi connectivity index (χ1) is 11.4. The van der Waals surface area contributed by atoms with Gasteiger partial charge in [-0.25, -0.2) is 0 Å². The number of nitrogens with zero attached hydrogens (tertiary/aromatic N) is 2. The average molecular weight is 326 g/mol. The van der Waals surface area contributed by atoms with Crippen LogP contribution in [0.4, 0.5) is 5.82 Å². The van der Waals surface area contributed by atoms with E-state index in [0.29, 0.717) is 17.2 Å². The zero-order valence-electron chi connectivity index (χ0n) is 14.7. The number of aromatic nitrogens is 3. The molecule has 0 aliphatic heterocycles. The number of rotatable bonds is 3. The maximum absolute atomic E-state index is 12.5. The van der Waals surface area contributed by atoms with Crippen molar-refractivity contribution in [1.82, 2.24) is 15.2 Å². The lowest BCUT2D eigenvalue weighted by Gasteiger charge is -2.36. The third kappa shape index (κ3) is 3.83. The molecule has 2 aromatic rings. The molecule has 2 N–H and O–H groups in total. The fourth-order valence-corrected chi connectivity index (χ4v) is 3.52. The SMILES string of the molecule is CC(C)(C)C1CCC(C(=O)Nc2cc(-c3ccncc3)[nH]n2)CC1. The summed E-state index contributed by atoms with van der Waals surface area (Å²) in [4.78, 5) is 16.5. The summed E-state index contributed by atoms with van der Waals surface area (Å²) in [6.45, 7) is 6.88.